The van der Waals surface area contributed by atoms with Gasteiger partial charge in [0.2, 0.25) is 0 Å². The molecule has 0 heterocycles. The molecule has 0 bridgehead atoms. The Kier molecular flexibility index (Phi) is 6.64. The Hall–Kier alpha value is -1.93. The van der Waals surface area contributed by atoms with Crippen LogP contribution in [0.2, 0.25) is 5.02 Å². The summed E-state index contributed by atoms with van der Waals surface area (Å²) >= 11 is 6.07. The van der Waals surface area contributed by atoms with Crippen LogP contribution in [0, 0.1) is 0 Å². The minimum atomic E-state index is -4.95. The van der Waals surface area contributed by atoms with Gasteiger partial charge in [0.1, 0.15) is 12.4 Å². The number of nitrogens with one attached hydrogen (secondary N) is 1. The van der Waals surface area contributed by atoms with Gasteiger partial charge in [0.15, 0.2) is 0 Å². The standard InChI is InChI=1S/C18H16ClF6NO/c1-2-26-9-11-3-6-16(15(19)7-11)27-10-12-4-5-13(17(20,21)22)8-14(12)18(23,24)25/h3-8,26H,2,9-10H2,1H3. The van der Waals surface area contributed by atoms with Gasteiger partial charge in [-0.3, -0.25) is 0 Å². The number of hydrogen-bond acceptors (Lipinski definition) is 2. The maximum atomic E-state index is 13.1. The lowest BCUT2D eigenvalue weighted by atomic mass is 10.0. The third kappa shape index (κ3) is 5.77. The fourth-order valence-corrected chi connectivity index (χ4v) is 2.60. The van der Waals surface area contributed by atoms with Crippen molar-refractivity contribution in [3.63, 3.8) is 0 Å². The van der Waals surface area contributed by atoms with Gasteiger partial charge in [0, 0.05) is 12.1 Å². The lowest BCUT2D eigenvalue weighted by Gasteiger charge is -2.17. The molecule has 2 rings (SSSR count). The molecule has 148 valence electrons. The Morgan fingerprint density at radius 2 is 1.67 bits per heavy atom. The molecule has 2 nitrogen and oxygen atoms in total. The first-order valence-corrected chi connectivity index (χ1v) is 8.29. The monoisotopic (exact) mass is 411 g/mol. The molecule has 0 amide bonds. The predicted molar refractivity (Wildman–Crippen MR) is 89.6 cm³/mol. The Morgan fingerprint density at radius 3 is 2.22 bits per heavy atom. The average molecular weight is 412 g/mol. The van der Waals surface area contributed by atoms with Crippen LogP contribution in [-0.2, 0) is 25.5 Å². The lowest BCUT2D eigenvalue weighted by molar-refractivity contribution is -0.143. The molecule has 27 heavy (non-hydrogen) atoms. The van der Waals surface area contributed by atoms with E-state index in [-0.39, 0.29) is 16.8 Å². The van der Waals surface area contributed by atoms with Crippen molar-refractivity contribution in [2.45, 2.75) is 32.4 Å². The quantitative estimate of drug-likeness (QED) is 0.583. The molecule has 0 spiro atoms. The van der Waals surface area contributed by atoms with Crippen molar-refractivity contribution >= 4 is 11.6 Å². The summed E-state index contributed by atoms with van der Waals surface area (Å²) in [5, 5.41) is 3.29. The number of ether oxygens (including phenoxy) is 1. The maximum absolute atomic E-state index is 13.1. The van der Waals surface area contributed by atoms with Crippen LogP contribution in [-0.4, -0.2) is 6.54 Å². The third-order valence-corrected chi connectivity index (χ3v) is 4.00. The summed E-state index contributed by atoms with van der Waals surface area (Å²) in [5.74, 6) is 0.143. The van der Waals surface area contributed by atoms with Crippen LogP contribution in [0.1, 0.15) is 29.2 Å². The zero-order valence-corrected chi connectivity index (χ0v) is 14.9. The van der Waals surface area contributed by atoms with Crippen molar-refractivity contribution < 1.29 is 31.1 Å². The fraction of sp³-hybridized carbons (Fsp3) is 0.333. The maximum Gasteiger partial charge on any atom is 0.416 e. The number of hydrogen-bond donors (Lipinski definition) is 1. The number of benzene rings is 2. The van der Waals surface area contributed by atoms with E-state index >= 15 is 0 Å². The highest BCUT2D eigenvalue weighted by atomic mass is 35.5. The fourth-order valence-electron chi connectivity index (χ4n) is 2.34. The molecule has 2 aromatic carbocycles. The highest BCUT2D eigenvalue weighted by molar-refractivity contribution is 6.32. The van der Waals surface area contributed by atoms with Crippen LogP contribution in [0.3, 0.4) is 0 Å². The minimum absolute atomic E-state index is 0.0832. The van der Waals surface area contributed by atoms with E-state index in [1.807, 2.05) is 6.92 Å². The number of halogens is 7. The molecule has 0 aromatic heterocycles. The first-order chi connectivity index (χ1) is 12.5. The van der Waals surface area contributed by atoms with E-state index in [0.29, 0.717) is 12.6 Å². The number of alkyl halides is 6. The van der Waals surface area contributed by atoms with Crippen LogP contribution in [0.25, 0.3) is 0 Å². The molecule has 0 radical (unpaired) electrons. The molecular weight excluding hydrogens is 396 g/mol. The zero-order chi connectivity index (χ0) is 20.2. The van der Waals surface area contributed by atoms with Gasteiger partial charge in [0.25, 0.3) is 0 Å². The molecule has 9 heteroatoms. The van der Waals surface area contributed by atoms with Crippen LogP contribution in [0.4, 0.5) is 26.3 Å². The van der Waals surface area contributed by atoms with E-state index in [0.717, 1.165) is 18.2 Å². The minimum Gasteiger partial charge on any atom is -0.487 e. The normalized spacial score (nSPS) is 12.3. The molecule has 2 aromatic rings. The van der Waals surface area contributed by atoms with Crippen LogP contribution in [0.15, 0.2) is 36.4 Å². The van der Waals surface area contributed by atoms with Crippen molar-refractivity contribution in [3.05, 3.63) is 63.7 Å². The van der Waals surface area contributed by atoms with Gasteiger partial charge in [-0.05, 0) is 36.4 Å². The molecule has 1 N–H and O–H groups in total. The van der Waals surface area contributed by atoms with E-state index in [1.54, 1.807) is 12.1 Å². The SMILES string of the molecule is CCNCc1ccc(OCc2ccc(C(F)(F)F)cc2C(F)(F)F)c(Cl)c1. The molecule has 0 saturated carbocycles. The van der Waals surface area contributed by atoms with Crippen molar-refractivity contribution in [3.8, 4) is 5.75 Å². The summed E-state index contributed by atoms with van der Waals surface area (Å²) in [4.78, 5) is 0. The molecular formula is C18H16ClF6NO. The van der Waals surface area contributed by atoms with Crippen LogP contribution in [0.5, 0.6) is 5.75 Å². The second-order valence-corrected chi connectivity index (χ2v) is 6.11. The smallest absolute Gasteiger partial charge is 0.416 e. The van der Waals surface area contributed by atoms with Crippen molar-refractivity contribution in [2.75, 3.05) is 6.54 Å². The largest absolute Gasteiger partial charge is 0.487 e. The summed E-state index contributed by atoms with van der Waals surface area (Å²) in [6, 6.07) is 6.25. The zero-order valence-electron chi connectivity index (χ0n) is 14.1. The van der Waals surface area contributed by atoms with Crippen molar-refractivity contribution in [2.24, 2.45) is 0 Å². The third-order valence-electron chi connectivity index (χ3n) is 3.70. The van der Waals surface area contributed by atoms with Gasteiger partial charge in [-0.25, -0.2) is 0 Å². The van der Waals surface area contributed by atoms with Gasteiger partial charge in [-0.2, -0.15) is 26.3 Å². The molecule has 0 aliphatic rings. The Morgan fingerprint density at radius 1 is 0.963 bits per heavy atom. The predicted octanol–water partition coefficient (Wildman–Crippen LogP) is 6.07. The highest BCUT2D eigenvalue weighted by Gasteiger charge is 2.38. The van der Waals surface area contributed by atoms with Crippen LogP contribution < -0.4 is 10.1 Å². The Labute approximate surface area is 157 Å². The average Bonchev–Trinajstić information content (AvgIpc) is 2.57. The molecule has 0 aliphatic heterocycles. The molecule has 0 atom stereocenters. The summed E-state index contributed by atoms with van der Waals surface area (Å²) in [6.07, 6.45) is -9.82. The summed E-state index contributed by atoms with van der Waals surface area (Å²) in [6.45, 7) is 2.68. The van der Waals surface area contributed by atoms with E-state index in [2.05, 4.69) is 5.32 Å². The molecule has 0 fully saturated rings. The van der Waals surface area contributed by atoms with Gasteiger partial charge < -0.3 is 10.1 Å². The van der Waals surface area contributed by atoms with Crippen LogP contribution >= 0.6 is 11.6 Å². The second-order valence-electron chi connectivity index (χ2n) is 5.70. The Balaban J connectivity index is 2.22. The van der Waals surface area contributed by atoms with Gasteiger partial charge in [-0.15, -0.1) is 0 Å². The van der Waals surface area contributed by atoms with E-state index in [4.69, 9.17) is 16.3 Å². The topological polar surface area (TPSA) is 21.3 Å². The van der Waals surface area contributed by atoms with Gasteiger partial charge in [0.05, 0.1) is 16.1 Å². The number of rotatable bonds is 6. The summed E-state index contributed by atoms with van der Waals surface area (Å²) in [5.41, 5.74) is -2.32. The molecule has 0 aliphatic carbocycles. The van der Waals surface area contributed by atoms with Gasteiger partial charge >= 0.3 is 12.4 Å². The highest BCUT2D eigenvalue weighted by Crippen LogP contribution is 2.38. The second kappa shape index (κ2) is 8.39. The molecule has 0 unspecified atom stereocenters. The van der Waals surface area contributed by atoms with Gasteiger partial charge in [-0.1, -0.05) is 30.7 Å². The van der Waals surface area contributed by atoms with Crippen molar-refractivity contribution in [1.29, 1.82) is 0 Å². The van der Waals surface area contributed by atoms with E-state index < -0.39 is 35.6 Å². The lowest BCUT2D eigenvalue weighted by Crippen LogP contribution is -2.14. The van der Waals surface area contributed by atoms with E-state index in [1.165, 1.54) is 6.07 Å². The molecule has 0 saturated heterocycles. The first kappa shape index (κ1) is 21.4. The first-order valence-electron chi connectivity index (χ1n) is 7.91. The van der Waals surface area contributed by atoms with Crippen molar-refractivity contribution in [1.82, 2.24) is 5.32 Å². The van der Waals surface area contributed by atoms with E-state index in [9.17, 15) is 26.3 Å². The summed E-state index contributed by atoms with van der Waals surface area (Å²) < 4.78 is 82.8. The Bertz CT molecular complexity index is 788. The summed E-state index contributed by atoms with van der Waals surface area (Å²) in [7, 11) is 0.